The summed E-state index contributed by atoms with van der Waals surface area (Å²) in [5.41, 5.74) is 7.54. The molecule has 0 aromatic carbocycles. The molecule has 0 atom stereocenters. The van der Waals surface area contributed by atoms with Gasteiger partial charge in [0.15, 0.2) is 0 Å². The fraction of sp³-hybridized carbons (Fsp3) is 0.308. The summed E-state index contributed by atoms with van der Waals surface area (Å²) in [5, 5.41) is 0. The summed E-state index contributed by atoms with van der Waals surface area (Å²) < 4.78 is 10.8. The summed E-state index contributed by atoms with van der Waals surface area (Å²) in [5.74, 6) is 1.54. The van der Waals surface area contributed by atoms with E-state index in [1.54, 1.807) is 18.7 Å². The van der Waals surface area contributed by atoms with Crippen molar-refractivity contribution in [2.75, 3.05) is 6.61 Å². The zero-order valence-electron chi connectivity index (χ0n) is 9.85. The van der Waals surface area contributed by atoms with Gasteiger partial charge in [-0.05, 0) is 18.6 Å². The molecule has 0 radical (unpaired) electrons. The molecule has 0 saturated heterocycles. The van der Waals surface area contributed by atoms with Gasteiger partial charge in [0, 0.05) is 17.3 Å². The Balaban J connectivity index is 2.26. The Labute approximate surface area is 100 Å². The molecule has 0 fully saturated rings. The molecule has 0 amide bonds. The van der Waals surface area contributed by atoms with Crippen LogP contribution >= 0.6 is 0 Å². The minimum atomic E-state index is 0.377. The van der Waals surface area contributed by atoms with Gasteiger partial charge in [0.1, 0.15) is 11.5 Å². The van der Waals surface area contributed by atoms with E-state index in [1.807, 2.05) is 12.1 Å². The molecule has 0 bridgehead atoms. The predicted molar refractivity (Wildman–Crippen MR) is 65.6 cm³/mol. The van der Waals surface area contributed by atoms with Crippen molar-refractivity contribution < 1.29 is 9.15 Å². The quantitative estimate of drug-likeness (QED) is 0.860. The van der Waals surface area contributed by atoms with Crippen LogP contribution in [0.2, 0.25) is 0 Å². The van der Waals surface area contributed by atoms with Crippen molar-refractivity contribution in [2.45, 2.75) is 19.9 Å². The average molecular weight is 232 g/mol. The number of nitrogens with two attached hydrogens (primary N) is 1. The molecule has 0 aliphatic rings. The molecule has 0 aliphatic carbocycles. The molecular weight excluding hydrogens is 216 g/mol. The Morgan fingerprint density at radius 3 is 3.06 bits per heavy atom. The van der Waals surface area contributed by atoms with Gasteiger partial charge in [0.25, 0.3) is 0 Å². The third-order valence-electron chi connectivity index (χ3n) is 2.43. The lowest BCUT2D eigenvalue weighted by molar-refractivity contribution is 0.316. The smallest absolute Gasteiger partial charge is 0.138 e. The van der Waals surface area contributed by atoms with E-state index in [0.29, 0.717) is 13.2 Å². The van der Waals surface area contributed by atoms with E-state index in [2.05, 4.69) is 11.9 Å². The van der Waals surface area contributed by atoms with Crippen molar-refractivity contribution in [3.8, 4) is 16.9 Å². The van der Waals surface area contributed by atoms with Crippen LogP contribution in [0.15, 0.2) is 35.2 Å². The number of hydrogen-bond donors (Lipinski definition) is 1. The van der Waals surface area contributed by atoms with Crippen molar-refractivity contribution in [1.82, 2.24) is 4.98 Å². The van der Waals surface area contributed by atoms with E-state index in [0.717, 1.165) is 29.1 Å². The molecule has 0 spiro atoms. The van der Waals surface area contributed by atoms with Gasteiger partial charge in [-0.2, -0.15) is 0 Å². The molecule has 90 valence electrons. The highest BCUT2D eigenvalue weighted by molar-refractivity contribution is 5.65. The van der Waals surface area contributed by atoms with Gasteiger partial charge < -0.3 is 14.9 Å². The normalized spacial score (nSPS) is 10.5. The summed E-state index contributed by atoms with van der Waals surface area (Å²) in [6.45, 7) is 3.14. The molecule has 2 aromatic rings. The number of ether oxygens (including phenoxy) is 1. The molecule has 0 aliphatic heterocycles. The molecule has 2 heterocycles. The summed E-state index contributed by atoms with van der Waals surface area (Å²) in [6.07, 6.45) is 6.10. The Bertz CT molecular complexity index is 480. The Morgan fingerprint density at radius 1 is 1.41 bits per heavy atom. The maximum atomic E-state index is 5.61. The standard InChI is InChI=1S/C13H16N2O2/c1-2-4-16-11-6-10(8-15-9-11)12-3-5-17-13(12)7-14/h3,5-6,8-9H,2,4,7,14H2,1H3. The van der Waals surface area contributed by atoms with E-state index < -0.39 is 0 Å². The van der Waals surface area contributed by atoms with Crippen LogP contribution in [0.25, 0.3) is 11.1 Å². The maximum absolute atomic E-state index is 5.61. The third-order valence-corrected chi connectivity index (χ3v) is 2.43. The second-order valence-corrected chi connectivity index (χ2v) is 3.72. The lowest BCUT2D eigenvalue weighted by Gasteiger charge is -2.06. The monoisotopic (exact) mass is 232 g/mol. The Morgan fingerprint density at radius 2 is 2.29 bits per heavy atom. The summed E-state index contributed by atoms with van der Waals surface area (Å²) >= 11 is 0. The highest BCUT2D eigenvalue weighted by Crippen LogP contribution is 2.26. The molecule has 4 heteroatoms. The highest BCUT2D eigenvalue weighted by Gasteiger charge is 2.08. The number of hydrogen-bond acceptors (Lipinski definition) is 4. The topological polar surface area (TPSA) is 61.3 Å². The van der Waals surface area contributed by atoms with Gasteiger partial charge in [-0.25, -0.2) is 0 Å². The fourth-order valence-electron chi connectivity index (χ4n) is 1.62. The van der Waals surface area contributed by atoms with E-state index in [4.69, 9.17) is 14.9 Å². The first-order chi connectivity index (χ1) is 8.35. The van der Waals surface area contributed by atoms with Gasteiger partial charge in [-0.3, -0.25) is 4.98 Å². The zero-order chi connectivity index (χ0) is 12.1. The molecular formula is C13H16N2O2. The van der Waals surface area contributed by atoms with Crippen LogP contribution in [-0.2, 0) is 6.54 Å². The number of furan rings is 1. The van der Waals surface area contributed by atoms with Crippen LogP contribution in [0.1, 0.15) is 19.1 Å². The van der Waals surface area contributed by atoms with Crippen molar-refractivity contribution in [3.05, 3.63) is 36.5 Å². The molecule has 17 heavy (non-hydrogen) atoms. The zero-order valence-corrected chi connectivity index (χ0v) is 9.85. The van der Waals surface area contributed by atoms with Gasteiger partial charge in [0.05, 0.1) is 25.6 Å². The largest absolute Gasteiger partial charge is 0.492 e. The Kier molecular flexibility index (Phi) is 3.77. The lowest BCUT2D eigenvalue weighted by Crippen LogP contribution is -1.98. The van der Waals surface area contributed by atoms with Gasteiger partial charge >= 0.3 is 0 Å². The highest BCUT2D eigenvalue weighted by atomic mass is 16.5. The summed E-state index contributed by atoms with van der Waals surface area (Å²) in [4.78, 5) is 4.16. The second kappa shape index (κ2) is 5.50. The molecule has 0 unspecified atom stereocenters. The summed E-state index contributed by atoms with van der Waals surface area (Å²) in [7, 11) is 0. The molecule has 2 N–H and O–H groups in total. The van der Waals surface area contributed by atoms with Crippen molar-refractivity contribution in [3.63, 3.8) is 0 Å². The van der Waals surface area contributed by atoms with E-state index in [1.165, 1.54) is 0 Å². The van der Waals surface area contributed by atoms with Crippen LogP contribution in [0, 0.1) is 0 Å². The first-order valence-electron chi connectivity index (χ1n) is 5.69. The third kappa shape index (κ3) is 2.65. The molecule has 0 saturated carbocycles. The first-order valence-corrected chi connectivity index (χ1v) is 5.69. The van der Waals surface area contributed by atoms with Crippen LogP contribution in [-0.4, -0.2) is 11.6 Å². The SMILES string of the molecule is CCCOc1cncc(-c2ccoc2CN)c1. The van der Waals surface area contributed by atoms with Gasteiger partial charge in [-0.1, -0.05) is 6.92 Å². The molecule has 2 rings (SSSR count). The van der Waals surface area contributed by atoms with Crippen LogP contribution in [0.4, 0.5) is 0 Å². The number of aromatic nitrogens is 1. The lowest BCUT2D eigenvalue weighted by atomic mass is 10.1. The number of rotatable bonds is 5. The van der Waals surface area contributed by atoms with Gasteiger partial charge in [-0.15, -0.1) is 0 Å². The molecule has 2 aromatic heterocycles. The average Bonchev–Trinajstić information content (AvgIpc) is 2.85. The predicted octanol–water partition coefficient (Wildman–Crippen LogP) is 2.59. The second-order valence-electron chi connectivity index (χ2n) is 3.72. The first kappa shape index (κ1) is 11.7. The molecule has 4 nitrogen and oxygen atoms in total. The van der Waals surface area contributed by atoms with E-state index in [-0.39, 0.29) is 0 Å². The maximum Gasteiger partial charge on any atom is 0.138 e. The van der Waals surface area contributed by atoms with Crippen molar-refractivity contribution in [1.29, 1.82) is 0 Å². The van der Waals surface area contributed by atoms with E-state index >= 15 is 0 Å². The fourth-order valence-corrected chi connectivity index (χ4v) is 1.62. The van der Waals surface area contributed by atoms with Crippen LogP contribution in [0.3, 0.4) is 0 Å². The van der Waals surface area contributed by atoms with E-state index in [9.17, 15) is 0 Å². The number of nitrogens with zero attached hydrogens (tertiary/aromatic N) is 1. The van der Waals surface area contributed by atoms with Crippen molar-refractivity contribution >= 4 is 0 Å². The van der Waals surface area contributed by atoms with Crippen LogP contribution < -0.4 is 10.5 Å². The van der Waals surface area contributed by atoms with Gasteiger partial charge in [0.2, 0.25) is 0 Å². The number of pyridine rings is 1. The van der Waals surface area contributed by atoms with Crippen molar-refractivity contribution in [2.24, 2.45) is 5.73 Å². The minimum Gasteiger partial charge on any atom is -0.492 e. The Hall–Kier alpha value is -1.81. The summed E-state index contributed by atoms with van der Waals surface area (Å²) in [6, 6.07) is 3.84. The van der Waals surface area contributed by atoms with Crippen LogP contribution in [0.5, 0.6) is 5.75 Å². The minimum absolute atomic E-state index is 0.377.